The van der Waals surface area contributed by atoms with Crippen LogP contribution in [-0.4, -0.2) is 16.1 Å². The van der Waals surface area contributed by atoms with E-state index >= 15 is 0 Å². The van der Waals surface area contributed by atoms with Gasteiger partial charge in [0.2, 0.25) is 0 Å². The zero-order chi connectivity index (χ0) is 35.1. The molecule has 8 rings (SSSR count). The molecule has 1 atom stereocenters. The molecule has 0 nitrogen and oxygen atoms in total. The van der Waals surface area contributed by atoms with Crippen molar-refractivity contribution in [3.8, 4) is 0 Å². The molecular formula is C44H46Cl2Si2Zr-2. The molecule has 0 N–H and O–H groups in total. The van der Waals surface area contributed by atoms with Crippen molar-refractivity contribution in [3.63, 3.8) is 0 Å². The fraction of sp³-hybridized carbons (Fsp3) is 0.227. The third kappa shape index (κ3) is 6.92. The number of rotatable bonds is 4. The Labute approximate surface area is 314 Å². The average molecular weight is 793 g/mol. The quantitative estimate of drug-likeness (QED) is 0.123. The predicted octanol–water partition coefficient (Wildman–Crippen LogP) is 11.5. The SMILES string of the molecule is CC1=Cc2cccc([Si](C)(C)C3C(C)=Cc4ccccc43)c2C1.Cc1cc2cccc([Si](C)(C)[c-]3c(C)cc4ccccc43)c2[cH-]1.[Cl][Zr][Cl]. The van der Waals surface area contributed by atoms with E-state index in [0.717, 1.165) is 6.42 Å². The van der Waals surface area contributed by atoms with E-state index in [1.807, 2.05) is 0 Å². The van der Waals surface area contributed by atoms with Crippen molar-refractivity contribution >= 4 is 82.4 Å². The van der Waals surface area contributed by atoms with Gasteiger partial charge in [0.15, 0.2) is 0 Å². The number of allylic oxidation sites excluding steroid dienone is 2. The van der Waals surface area contributed by atoms with Gasteiger partial charge in [0.05, 0.1) is 8.07 Å². The summed E-state index contributed by atoms with van der Waals surface area (Å²) in [5.41, 5.74) is 12.5. The number of fused-ring (bicyclic) bond motifs is 4. The van der Waals surface area contributed by atoms with Gasteiger partial charge in [-0.05, 0) is 42.5 Å². The minimum atomic E-state index is -1.76. The maximum atomic E-state index is 4.93. The van der Waals surface area contributed by atoms with Crippen LogP contribution < -0.4 is 15.6 Å². The molecule has 0 bridgehead atoms. The molecular weight excluding hydrogens is 747 g/mol. The standard InChI is InChI=1S/C22H24Si.C22H22Si.2ClH.Zr/c2*1-15-12-17-9-7-11-21(20(17)13-15)23(3,4)22-16(2)14-18-8-5-6-10-19(18)22;;;/h5-12,14,22H,13H2,1-4H3;5-14H,1-4H3;2*1H;/q;-2;;;+2/p-2. The molecule has 5 heteroatoms. The van der Waals surface area contributed by atoms with Gasteiger partial charge in [-0.3, -0.25) is 0 Å². The van der Waals surface area contributed by atoms with E-state index in [0.29, 0.717) is 5.54 Å². The van der Waals surface area contributed by atoms with Gasteiger partial charge in [-0.15, -0.1) is 79.4 Å². The second kappa shape index (κ2) is 14.6. The van der Waals surface area contributed by atoms with Gasteiger partial charge >= 0.3 is 37.9 Å². The average Bonchev–Trinajstić information content (AvgIpc) is 3.81. The van der Waals surface area contributed by atoms with Gasteiger partial charge in [0, 0.05) is 13.6 Å². The third-order valence-corrected chi connectivity index (χ3v) is 18.6. The van der Waals surface area contributed by atoms with Crippen molar-refractivity contribution in [2.45, 2.75) is 65.8 Å². The molecule has 0 heterocycles. The molecule has 6 aromatic rings. The summed E-state index contributed by atoms with van der Waals surface area (Å²) in [6.45, 7) is 19.2. The molecule has 0 amide bonds. The van der Waals surface area contributed by atoms with Crippen molar-refractivity contribution in [1.29, 1.82) is 0 Å². The topological polar surface area (TPSA) is 0 Å². The first kappa shape index (κ1) is 36.3. The van der Waals surface area contributed by atoms with E-state index in [9.17, 15) is 0 Å². The van der Waals surface area contributed by atoms with Crippen molar-refractivity contribution in [1.82, 2.24) is 0 Å². The Kier molecular flexibility index (Phi) is 10.8. The van der Waals surface area contributed by atoms with E-state index in [-0.39, 0.29) is 0 Å². The van der Waals surface area contributed by atoms with E-state index in [1.54, 1.807) is 32.3 Å². The van der Waals surface area contributed by atoms with Crippen molar-refractivity contribution in [3.05, 3.63) is 148 Å². The second-order valence-electron chi connectivity index (χ2n) is 15.0. The van der Waals surface area contributed by atoms with Crippen LogP contribution in [0.25, 0.3) is 33.7 Å². The van der Waals surface area contributed by atoms with Gasteiger partial charge in [-0.25, -0.2) is 0 Å². The minimum absolute atomic E-state index is 0.603. The van der Waals surface area contributed by atoms with E-state index in [2.05, 4.69) is 169 Å². The van der Waals surface area contributed by atoms with E-state index in [4.69, 9.17) is 17.0 Å². The van der Waals surface area contributed by atoms with E-state index in [1.165, 1.54) is 49.4 Å². The molecule has 0 saturated carbocycles. The van der Waals surface area contributed by atoms with Crippen LogP contribution in [0, 0.1) is 13.8 Å². The maximum absolute atomic E-state index is 4.93. The fourth-order valence-corrected chi connectivity index (χ4v) is 16.7. The molecule has 2 aliphatic rings. The molecule has 0 saturated heterocycles. The summed E-state index contributed by atoms with van der Waals surface area (Å²) in [6, 6.07) is 38.6. The summed E-state index contributed by atoms with van der Waals surface area (Å²) in [5, 5.41) is 10.5. The predicted molar refractivity (Wildman–Crippen MR) is 221 cm³/mol. The Bertz CT molecular complexity index is 2210. The summed E-state index contributed by atoms with van der Waals surface area (Å²) in [7, 11) is 6.46. The van der Waals surface area contributed by atoms with Gasteiger partial charge in [-0.2, -0.15) is 12.1 Å². The summed E-state index contributed by atoms with van der Waals surface area (Å²) in [5.74, 6) is 0. The van der Waals surface area contributed by atoms with Crippen LogP contribution in [0.3, 0.4) is 0 Å². The normalized spacial score (nSPS) is 15.1. The van der Waals surface area contributed by atoms with Crippen LogP contribution in [0.1, 0.15) is 52.8 Å². The number of hydrogen-bond acceptors (Lipinski definition) is 0. The van der Waals surface area contributed by atoms with Crippen molar-refractivity contribution in [2.24, 2.45) is 0 Å². The molecule has 2 aliphatic carbocycles. The Hall–Kier alpha value is -2.52. The first-order chi connectivity index (χ1) is 23.4. The summed E-state index contributed by atoms with van der Waals surface area (Å²) >= 11 is -0.826. The van der Waals surface area contributed by atoms with Crippen LogP contribution in [-0.2, 0) is 27.3 Å². The molecule has 1 unspecified atom stereocenters. The van der Waals surface area contributed by atoms with Gasteiger partial charge in [-0.1, -0.05) is 123 Å². The molecule has 6 aromatic carbocycles. The molecule has 49 heavy (non-hydrogen) atoms. The van der Waals surface area contributed by atoms with Crippen molar-refractivity contribution in [2.75, 3.05) is 0 Å². The monoisotopic (exact) mass is 790 g/mol. The number of aryl methyl sites for hydroxylation is 2. The zero-order valence-corrected chi connectivity index (χ0v) is 36.0. The summed E-state index contributed by atoms with van der Waals surface area (Å²) < 4.78 is 0. The van der Waals surface area contributed by atoms with Crippen LogP contribution in [0.15, 0.2) is 114 Å². The summed E-state index contributed by atoms with van der Waals surface area (Å²) in [6.07, 6.45) is 5.91. The Morgan fingerprint density at radius 3 is 2.12 bits per heavy atom. The van der Waals surface area contributed by atoms with Crippen LogP contribution in [0.5, 0.6) is 0 Å². The fourth-order valence-electron chi connectivity index (χ4n) is 8.99. The van der Waals surface area contributed by atoms with Crippen LogP contribution >= 0.6 is 17.0 Å². The molecule has 0 fully saturated rings. The molecule has 0 spiro atoms. The van der Waals surface area contributed by atoms with Crippen LogP contribution in [0.4, 0.5) is 0 Å². The molecule has 0 radical (unpaired) electrons. The summed E-state index contributed by atoms with van der Waals surface area (Å²) in [4.78, 5) is 0. The number of benzene rings is 4. The molecule has 250 valence electrons. The first-order valence-electron chi connectivity index (χ1n) is 17.2. The Morgan fingerprint density at radius 2 is 1.35 bits per heavy atom. The van der Waals surface area contributed by atoms with Gasteiger partial charge in [0.1, 0.15) is 0 Å². The van der Waals surface area contributed by atoms with E-state index < -0.39 is 37.0 Å². The van der Waals surface area contributed by atoms with Gasteiger partial charge < -0.3 is 0 Å². The first-order valence-corrected chi connectivity index (χ1v) is 29.6. The zero-order valence-electron chi connectivity index (χ0n) is 30.0. The number of halogens is 2. The van der Waals surface area contributed by atoms with Crippen molar-refractivity contribution < 1.29 is 20.8 Å². The van der Waals surface area contributed by atoms with Crippen LogP contribution in [0.2, 0.25) is 26.2 Å². The molecule has 0 aliphatic heterocycles. The number of hydrogen-bond donors (Lipinski definition) is 0. The second-order valence-corrected chi connectivity index (χ2v) is 27.6. The molecule has 0 aromatic heterocycles. The third-order valence-electron chi connectivity index (χ3n) is 10.8. The Morgan fingerprint density at radius 1 is 0.714 bits per heavy atom. The Balaban J connectivity index is 0.000000158. The van der Waals surface area contributed by atoms with Gasteiger partial charge in [0.25, 0.3) is 0 Å².